The van der Waals surface area contributed by atoms with Crippen molar-refractivity contribution in [3.05, 3.63) is 69.7 Å². The highest BCUT2D eigenvalue weighted by molar-refractivity contribution is 6.39. The van der Waals surface area contributed by atoms with E-state index in [1.807, 2.05) is 30.3 Å². The first-order valence-corrected chi connectivity index (χ1v) is 6.49. The Morgan fingerprint density at radius 2 is 1.60 bits per heavy atom. The van der Waals surface area contributed by atoms with Crippen LogP contribution < -0.4 is 5.73 Å². The van der Waals surface area contributed by atoms with Gasteiger partial charge in [-0.15, -0.1) is 0 Å². The largest absolute Gasteiger partial charge is 0.478 e. The summed E-state index contributed by atoms with van der Waals surface area (Å²) in [5, 5.41) is 9.62. The van der Waals surface area contributed by atoms with Gasteiger partial charge in [-0.05, 0) is 28.8 Å². The van der Waals surface area contributed by atoms with E-state index in [0.717, 1.165) is 11.6 Å². The Kier molecular flexibility index (Phi) is 4.32. The number of nitrogen functional groups attached to an aromatic ring is 1. The number of hydrogen-bond donors (Lipinski definition) is 2. The second kappa shape index (κ2) is 5.99. The standard InChI is InChI=1S/C15H11Cl2NO2/c16-12-6-10(7-13(17)15(12)18)11(8-14(19)20)9-4-2-1-3-5-9/h1-8H,18H2,(H,19,20)/b11-8+. The van der Waals surface area contributed by atoms with Gasteiger partial charge in [-0.2, -0.15) is 0 Å². The van der Waals surface area contributed by atoms with Crippen molar-refractivity contribution in [3.8, 4) is 0 Å². The highest BCUT2D eigenvalue weighted by Gasteiger charge is 2.11. The van der Waals surface area contributed by atoms with Crippen LogP contribution in [0.15, 0.2) is 48.5 Å². The van der Waals surface area contributed by atoms with E-state index in [9.17, 15) is 4.79 Å². The highest BCUT2D eigenvalue weighted by Crippen LogP contribution is 2.33. The lowest BCUT2D eigenvalue weighted by Crippen LogP contribution is -1.96. The number of carboxylic acids is 1. The van der Waals surface area contributed by atoms with E-state index in [1.165, 1.54) is 0 Å². The Balaban J connectivity index is 2.62. The fraction of sp³-hybridized carbons (Fsp3) is 0. The van der Waals surface area contributed by atoms with Crippen molar-refractivity contribution >= 4 is 40.4 Å². The van der Waals surface area contributed by atoms with E-state index in [1.54, 1.807) is 12.1 Å². The number of nitrogens with two attached hydrogens (primary N) is 1. The number of rotatable bonds is 3. The molecule has 0 fully saturated rings. The van der Waals surface area contributed by atoms with Crippen LogP contribution in [0.4, 0.5) is 5.69 Å². The first kappa shape index (κ1) is 14.4. The maximum absolute atomic E-state index is 11.0. The lowest BCUT2D eigenvalue weighted by atomic mass is 9.97. The lowest BCUT2D eigenvalue weighted by molar-refractivity contribution is -0.131. The van der Waals surface area contributed by atoms with Crippen LogP contribution in [0.2, 0.25) is 10.0 Å². The summed E-state index contributed by atoms with van der Waals surface area (Å²) in [5.74, 6) is -1.05. The van der Waals surface area contributed by atoms with E-state index < -0.39 is 5.97 Å². The van der Waals surface area contributed by atoms with Gasteiger partial charge in [-0.3, -0.25) is 0 Å². The van der Waals surface area contributed by atoms with Crippen LogP contribution in [-0.2, 0) is 4.79 Å². The van der Waals surface area contributed by atoms with Gasteiger partial charge in [0.2, 0.25) is 0 Å². The molecule has 0 heterocycles. The molecule has 0 unspecified atom stereocenters. The van der Waals surface area contributed by atoms with Gasteiger partial charge in [0.15, 0.2) is 0 Å². The van der Waals surface area contributed by atoms with Crippen molar-refractivity contribution in [1.82, 2.24) is 0 Å². The average molecular weight is 308 g/mol. The molecular formula is C15H11Cl2NO2. The Bertz CT molecular complexity index is 659. The van der Waals surface area contributed by atoms with E-state index in [4.69, 9.17) is 34.0 Å². The molecule has 0 aliphatic rings. The first-order valence-electron chi connectivity index (χ1n) is 5.74. The van der Waals surface area contributed by atoms with Gasteiger partial charge in [-0.25, -0.2) is 4.79 Å². The number of halogens is 2. The minimum atomic E-state index is -1.05. The average Bonchev–Trinajstić information content (AvgIpc) is 2.42. The molecule has 3 nitrogen and oxygen atoms in total. The molecule has 0 radical (unpaired) electrons. The lowest BCUT2D eigenvalue weighted by Gasteiger charge is -2.10. The molecular weight excluding hydrogens is 297 g/mol. The predicted molar refractivity (Wildman–Crippen MR) is 82.0 cm³/mol. The van der Waals surface area contributed by atoms with Gasteiger partial charge in [0.25, 0.3) is 0 Å². The second-order valence-electron chi connectivity index (χ2n) is 4.12. The molecule has 0 spiro atoms. The molecule has 0 saturated carbocycles. The Labute approximate surface area is 126 Å². The third kappa shape index (κ3) is 3.13. The maximum Gasteiger partial charge on any atom is 0.328 e. The second-order valence-corrected chi connectivity index (χ2v) is 4.93. The molecule has 102 valence electrons. The van der Waals surface area contributed by atoms with Crippen molar-refractivity contribution in [2.75, 3.05) is 5.73 Å². The summed E-state index contributed by atoms with van der Waals surface area (Å²) in [7, 11) is 0. The molecule has 0 aromatic heterocycles. The van der Waals surface area contributed by atoms with Crippen LogP contribution in [0.25, 0.3) is 5.57 Å². The zero-order chi connectivity index (χ0) is 14.7. The van der Waals surface area contributed by atoms with Crippen LogP contribution in [0, 0.1) is 0 Å². The van der Waals surface area contributed by atoms with Crippen molar-refractivity contribution in [1.29, 1.82) is 0 Å². The summed E-state index contributed by atoms with van der Waals surface area (Å²) in [4.78, 5) is 11.0. The van der Waals surface area contributed by atoms with E-state index in [0.29, 0.717) is 21.2 Å². The molecule has 20 heavy (non-hydrogen) atoms. The van der Waals surface area contributed by atoms with E-state index in [-0.39, 0.29) is 5.69 Å². The Hall–Kier alpha value is -1.97. The van der Waals surface area contributed by atoms with Crippen molar-refractivity contribution in [2.24, 2.45) is 0 Å². The molecule has 2 aromatic carbocycles. The molecule has 0 amide bonds. The third-order valence-electron chi connectivity index (χ3n) is 2.74. The monoisotopic (exact) mass is 307 g/mol. The summed E-state index contributed by atoms with van der Waals surface area (Å²) >= 11 is 12.0. The Morgan fingerprint density at radius 1 is 1.05 bits per heavy atom. The normalized spacial score (nSPS) is 11.4. The topological polar surface area (TPSA) is 63.3 Å². The quantitative estimate of drug-likeness (QED) is 0.663. The number of aliphatic carboxylic acids is 1. The molecule has 0 aliphatic carbocycles. The summed E-state index contributed by atoms with van der Waals surface area (Å²) in [6.07, 6.45) is 1.12. The highest BCUT2D eigenvalue weighted by atomic mass is 35.5. The van der Waals surface area contributed by atoms with Crippen molar-refractivity contribution < 1.29 is 9.90 Å². The zero-order valence-corrected chi connectivity index (χ0v) is 11.8. The molecule has 2 aromatic rings. The number of benzene rings is 2. The summed E-state index contributed by atoms with van der Waals surface area (Å²) in [6.45, 7) is 0. The van der Waals surface area contributed by atoms with Crippen LogP contribution in [0.5, 0.6) is 0 Å². The van der Waals surface area contributed by atoms with Crippen LogP contribution in [-0.4, -0.2) is 11.1 Å². The summed E-state index contributed by atoms with van der Waals surface area (Å²) in [6, 6.07) is 12.3. The van der Waals surface area contributed by atoms with Crippen molar-refractivity contribution in [3.63, 3.8) is 0 Å². The number of carbonyl (C=O) groups is 1. The smallest absolute Gasteiger partial charge is 0.328 e. The molecule has 0 aliphatic heterocycles. The van der Waals surface area contributed by atoms with Crippen LogP contribution in [0.3, 0.4) is 0 Å². The SMILES string of the molecule is Nc1c(Cl)cc(/C(=C/C(=O)O)c2ccccc2)cc1Cl. The predicted octanol–water partition coefficient (Wildman–Crippen LogP) is 4.09. The van der Waals surface area contributed by atoms with Crippen LogP contribution >= 0.6 is 23.2 Å². The summed E-state index contributed by atoms with van der Waals surface area (Å²) < 4.78 is 0. The third-order valence-corrected chi connectivity index (χ3v) is 3.37. The molecule has 0 bridgehead atoms. The molecule has 3 N–H and O–H groups in total. The number of carboxylic acid groups (broad SMARTS) is 1. The molecule has 2 rings (SSSR count). The number of anilines is 1. The van der Waals surface area contributed by atoms with Gasteiger partial charge >= 0.3 is 5.97 Å². The van der Waals surface area contributed by atoms with Gasteiger partial charge in [0, 0.05) is 6.08 Å². The maximum atomic E-state index is 11.0. The van der Waals surface area contributed by atoms with E-state index in [2.05, 4.69) is 0 Å². The van der Waals surface area contributed by atoms with Gasteiger partial charge in [0.05, 0.1) is 15.7 Å². The minimum absolute atomic E-state index is 0.278. The summed E-state index contributed by atoms with van der Waals surface area (Å²) in [5.41, 5.74) is 7.84. The van der Waals surface area contributed by atoms with Crippen LogP contribution in [0.1, 0.15) is 11.1 Å². The fourth-order valence-corrected chi connectivity index (χ4v) is 2.30. The van der Waals surface area contributed by atoms with Gasteiger partial charge in [-0.1, -0.05) is 53.5 Å². The van der Waals surface area contributed by atoms with Gasteiger partial charge < -0.3 is 10.8 Å². The minimum Gasteiger partial charge on any atom is -0.478 e. The molecule has 5 heteroatoms. The zero-order valence-electron chi connectivity index (χ0n) is 10.3. The van der Waals surface area contributed by atoms with Crippen molar-refractivity contribution in [2.45, 2.75) is 0 Å². The molecule has 0 saturated heterocycles. The first-order chi connectivity index (χ1) is 9.49. The van der Waals surface area contributed by atoms with Gasteiger partial charge in [0.1, 0.15) is 0 Å². The molecule has 0 atom stereocenters. The fourth-order valence-electron chi connectivity index (χ4n) is 1.81. The number of hydrogen-bond acceptors (Lipinski definition) is 2. The Morgan fingerprint density at radius 3 is 2.10 bits per heavy atom. The van der Waals surface area contributed by atoms with E-state index >= 15 is 0 Å².